The highest BCUT2D eigenvalue weighted by molar-refractivity contribution is 8.02. The van der Waals surface area contributed by atoms with Crippen molar-refractivity contribution in [2.24, 2.45) is 17.8 Å². The van der Waals surface area contributed by atoms with Crippen molar-refractivity contribution < 1.29 is 0 Å². The first-order chi connectivity index (χ1) is 16.7. The summed E-state index contributed by atoms with van der Waals surface area (Å²) >= 11 is 1.87. The van der Waals surface area contributed by atoms with E-state index in [1.807, 2.05) is 25.6 Å². The zero-order valence-electron chi connectivity index (χ0n) is 26.0. The van der Waals surface area contributed by atoms with E-state index >= 15 is 0 Å². The number of hydrogen-bond donors (Lipinski definition) is 0. The maximum absolute atomic E-state index is 2.40. The molecular formula is C34H64S. The van der Waals surface area contributed by atoms with Gasteiger partial charge in [0, 0.05) is 0 Å². The minimum Gasteiger partial charge on any atom is -0.134 e. The molecule has 1 fully saturated rings. The van der Waals surface area contributed by atoms with Crippen LogP contribution in [0.3, 0.4) is 0 Å². The van der Waals surface area contributed by atoms with Gasteiger partial charge in [0.05, 0.1) is 0 Å². The lowest BCUT2D eigenvalue weighted by Crippen LogP contribution is -1.99. The highest BCUT2D eigenvalue weighted by Crippen LogP contribution is 2.30. The third-order valence-electron chi connectivity index (χ3n) is 6.05. The molecule has 0 heterocycles. The average Bonchev–Trinajstić information content (AvgIpc) is 3.00. The third-order valence-corrected chi connectivity index (χ3v) is 6.90. The first-order valence-electron chi connectivity index (χ1n) is 14.7. The summed E-state index contributed by atoms with van der Waals surface area (Å²) in [5.74, 6) is 4.11. The summed E-state index contributed by atoms with van der Waals surface area (Å²) in [5.41, 5.74) is 4.25. The number of rotatable bonds is 9. The van der Waals surface area contributed by atoms with Crippen molar-refractivity contribution in [3.05, 3.63) is 58.6 Å². The molecule has 1 rings (SSSR count). The lowest BCUT2D eigenvalue weighted by molar-refractivity contribution is 0.404. The van der Waals surface area contributed by atoms with Crippen molar-refractivity contribution >= 4 is 11.8 Å². The van der Waals surface area contributed by atoms with Gasteiger partial charge >= 0.3 is 0 Å². The van der Waals surface area contributed by atoms with Crippen molar-refractivity contribution in [1.29, 1.82) is 0 Å². The third kappa shape index (κ3) is 27.5. The Morgan fingerprint density at radius 2 is 1.34 bits per heavy atom. The Hall–Kier alpha value is -0.950. The van der Waals surface area contributed by atoms with Crippen molar-refractivity contribution in [2.45, 2.75) is 134 Å². The highest BCUT2D eigenvalue weighted by Gasteiger charge is 2.17. The summed E-state index contributed by atoms with van der Waals surface area (Å²) in [6.45, 7) is 26.3. The fourth-order valence-electron chi connectivity index (χ4n) is 4.00. The number of hydrogen-bond acceptors (Lipinski definition) is 1. The number of allylic oxidation sites excluding steroid dienone is 9. The summed E-state index contributed by atoms with van der Waals surface area (Å²) in [6.07, 6.45) is 23.6. The van der Waals surface area contributed by atoms with Crippen molar-refractivity contribution in [3.8, 4) is 0 Å². The topological polar surface area (TPSA) is 0 Å². The molecule has 2 unspecified atom stereocenters. The van der Waals surface area contributed by atoms with Gasteiger partial charge in [-0.1, -0.05) is 123 Å². The van der Waals surface area contributed by atoms with Crippen LogP contribution in [0.5, 0.6) is 0 Å². The van der Waals surface area contributed by atoms with Crippen molar-refractivity contribution in [1.82, 2.24) is 0 Å². The summed E-state index contributed by atoms with van der Waals surface area (Å²) in [7, 11) is 0. The molecule has 1 heteroatoms. The van der Waals surface area contributed by atoms with E-state index in [1.165, 1.54) is 42.4 Å². The molecule has 0 spiro atoms. The van der Waals surface area contributed by atoms with Gasteiger partial charge in [-0.2, -0.15) is 0 Å². The fourth-order valence-corrected chi connectivity index (χ4v) is 4.60. The lowest BCUT2D eigenvalue weighted by Gasteiger charge is -2.11. The van der Waals surface area contributed by atoms with Crippen LogP contribution in [0.4, 0.5) is 0 Å². The van der Waals surface area contributed by atoms with E-state index in [0.717, 1.165) is 49.2 Å². The van der Waals surface area contributed by atoms with Crippen LogP contribution in [0.2, 0.25) is 0 Å². The van der Waals surface area contributed by atoms with Gasteiger partial charge in [-0.3, -0.25) is 0 Å². The standard InChI is InChI=1S/C12H20.C10H18S.C10H20.C2H6/c1-4-7-9-11-12(6-3)10-8-5-2;1-5-7-9(3)10(4)8-11-6-2;1-8-4-5-9(2)7-10(3)6-8;1-2/h4,7-8,10-11H,5-6,9H2,1-3H3;7-8H,5-6H2,1-4H3;8-10H,4-7H2,1-3H3;1-2H3/b7-4?,10-8-,12-11-;9-7?,10-8+;;. The van der Waals surface area contributed by atoms with Gasteiger partial charge in [-0.05, 0) is 93.8 Å². The van der Waals surface area contributed by atoms with Crippen LogP contribution < -0.4 is 0 Å². The Morgan fingerprint density at radius 3 is 1.77 bits per heavy atom. The Kier molecular flexibility index (Phi) is 32.3. The van der Waals surface area contributed by atoms with Gasteiger partial charge in [0.15, 0.2) is 0 Å². The molecule has 0 nitrogen and oxygen atoms in total. The normalized spacial score (nSPS) is 21.4. The van der Waals surface area contributed by atoms with Gasteiger partial charge in [-0.25, -0.2) is 0 Å². The van der Waals surface area contributed by atoms with Crippen molar-refractivity contribution in [2.75, 3.05) is 5.75 Å². The molecular weight excluding hydrogens is 440 g/mol. The summed E-state index contributed by atoms with van der Waals surface area (Å²) in [6, 6.07) is 0. The molecule has 0 N–H and O–H groups in total. The number of thioether (sulfide) groups is 1. The molecule has 0 aromatic rings. The van der Waals surface area contributed by atoms with E-state index in [-0.39, 0.29) is 0 Å². The molecule has 1 aliphatic carbocycles. The maximum atomic E-state index is 2.40. The van der Waals surface area contributed by atoms with Crippen LogP contribution in [-0.4, -0.2) is 5.75 Å². The Labute approximate surface area is 227 Å². The smallest absolute Gasteiger partial charge is 0.00543 e. The predicted octanol–water partition coefficient (Wildman–Crippen LogP) is 12.7. The molecule has 2 atom stereocenters. The van der Waals surface area contributed by atoms with Crippen molar-refractivity contribution in [3.63, 3.8) is 0 Å². The van der Waals surface area contributed by atoms with Crippen LogP contribution in [0.25, 0.3) is 0 Å². The second-order valence-corrected chi connectivity index (χ2v) is 10.8. The summed E-state index contributed by atoms with van der Waals surface area (Å²) < 4.78 is 0. The van der Waals surface area contributed by atoms with Crippen LogP contribution in [0.1, 0.15) is 134 Å². The molecule has 0 amide bonds. The highest BCUT2D eigenvalue weighted by atomic mass is 32.2. The van der Waals surface area contributed by atoms with Gasteiger partial charge in [0.2, 0.25) is 0 Å². The minimum absolute atomic E-state index is 0.979. The van der Waals surface area contributed by atoms with Crippen LogP contribution in [0.15, 0.2) is 58.6 Å². The molecule has 0 aliphatic heterocycles. The van der Waals surface area contributed by atoms with E-state index < -0.39 is 0 Å². The largest absolute Gasteiger partial charge is 0.134 e. The van der Waals surface area contributed by atoms with Gasteiger partial charge in [-0.15, -0.1) is 11.8 Å². The zero-order valence-corrected chi connectivity index (χ0v) is 26.9. The van der Waals surface area contributed by atoms with E-state index in [4.69, 9.17) is 0 Å². The van der Waals surface area contributed by atoms with Crippen LogP contribution in [-0.2, 0) is 0 Å². The van der Waals surface area contributed by atoms with Gasteiger partial charge in [0.25, 0.3) is 0 Å². The molecule has 0 aromatic carbocycles. The Balaban J connectivity index is -0.000000424. The Bertz CT molecular complexity index is 576. The molecule has 1 saturated carbocycles. The zero-order chi connectivity index (χ0) is 27.5. The maximum Gasteiger partial charge on any atom is -0.00543 e. The first kappa shape index (κ1) is 38.6. The monoisotopic (exact) mass is 504 g/mol. The van der Waals surface area contributed by atoms with Crippen LogP contribution in [0, 0.1) is 17.8 Å². The predicted molar refractivity (Wildman–Crippen MR) is 170 cm³/mol. The quantitative estimate of drug-likeness (QED) is 0.171. The lowest BCUT2D eigenvalue weighted by atomic mass is 9.95. The van der Waals surface area contributed by atoms with Gasteiger partial charge < -0.3 is 0 Å². The SMILES string of the molecule is CC.CC1CCC(C)CC(C)C1.CC=CC/C=C(\C=C/CC)CC.CCC=C(C)/C(C)=C/SCC. The molecule has 0 aromatic heterocycles. The minimum atomic E-state index is 0.979. The van der Waals surface area contributed by atoms with E-state index in [0.29, 0.717) is 0 Å². The molecule has 0 saturated heterocycles. The summed E-state index contributed by atoms with van der Waals surface area (Å²) in [5, 5.41) is 2.24. The summed E-state index contributed by atoms with van der Waals surface area (Å²) in [4.78, 5) is 0. The molecule has 1 aliphatic rings. The molecule has 206 valence electrons. The molecule has 35 heavy (non-hydrogen) atoms. The fraction of sp³-hybridized carbons (Fsp3) is 0.706. The second-order valence-electron chi connectivity index (χ2n) is 9.66. The van der Waals surface area contributed by atoms with E-state index in [1.54, 1.807) is 0 Å². The second kappa shape index (κ2) is 29.3. The first-order valence-corrected chi connectivity index (χ1v) is 15.7. The molecule has 0 bridgehead atoms. The van der Waals surface area contributed by atoms with Crippen LogP contribution >= 0.6 is 11.8 Å². The molecule has 0 radical (unpaired) electrons. The average molecular weight is 505 g/mol. The van der Waals surface area contributed by atoms with E-state index in [9.17, 15) is 0 Å². The Morgan fingerprint density at radius 1 is 0.771 bits per heavy atom. The van der Waals surface area contributed by atoms with Gasteiger partial charge in [0.1, 0.15) is 0 Å². The van der Waals surface area contributed by atoms with E-state index in [2.05, 4.69) is 111 Å².